The van der Waals surface area contributed by atoms with Crippen LogP contribution in [0.15, 0.2) is 36.7 Å². The van der Waals surface area contributed by atoms with Crippen molar-refractivity contribution in [2.75, 3.05) is 13.7 Å². The van der Waals surface area contributed by atoms with Gasteiger partial charge >= 0.3 is 0 Å². The number of methoxy groups -OCH3 is 1. The van der Waals surface area contributed by atoms with E-state index in [-0.39, 0.29) is 17.9 Å². The van der Waals surface area contributed by atoms with Crippen molar-refractivity contribution < 1.29 is 9.53 Å². The molecule has 25 heavy (non-hydrogen) atoms. The average Bonchev–Trinajstić information content (AvgIpc) is 3.29. The fourth-order valence-electron chi connectivity index (χ4n) is 3.06. The Bertz CT molecular complexity index is 715. The van der Waals surface area contributed by atoms with Gasteiger partial charge in [-0.05, 0) is 24.1 Å². The Kier molecular flexibility index (Phi) is 5.67. The zero-order chi connectivity index (χ0) is 17.6. The van der Waals surface area contributed by atoms with E-state index in [2.05, 4.69) is 28.2 Å². The number of carbonyl (C=O) groups is 1. The number of nitrogens with one attached hydrogen (secondary N) is 3. The van der Waals surface area contributed by atoms with Gasteiger partial charge in [-0.1, -0.05) is 19.1 Å². The van der Waals surface area contributed by atoms with Gasteiger partial charge in [0.2, 0.25) is 5.91 Å². The standard InChI is InChI=1S/C18H25N5O2/c1-3-7-23-12-13(10-21-23)9-19-18(24)16-11-20-22-17(16)14-5-4-6-15(8-14)25-2/h4-6,8,10,12,16-17,20,22H,3,7,9,11H2,1-2H3,(H,19,24). The molecule has 1 aromatic heterocycles. The first-order valence-electron chi connectivity index (χ1n) is 8.62. The van der Waals surface area contributed by atoms with Gasteiger partial charge in [-0.25, -0.2) is 5.43 Å². The monoisotopic (exact) mass is 343 g/mol. The average molecular weight is 343 g/mol. The number of carbonyl (C=O) groups excluding carboxylic acids is 1. The molecule has 134 valence electrons. The minimum atomic E-state index is -0.183. The summed E-state index contributed by atoms with van der Waals surface area (Å²) in [6, 6.07) is 7.71. The molecule has 0 bridgehead atoms. The molecule has 3 N–H and O–H groups in total. The van der Waals surface area contributed by atoms with Gasteiger partial charge in [0, 0.05) is 31.4 Å². The Hall–Kier alpha value is -2.38. The van der Waals surface area contributed by atoms with E-state index in [9.17, 15) is 4.79 Å². The van der Waals surface area contributed by atoms with Crippen LogP contribution in [-0.2, 0) is 17.9 Å². The second-order valence-electron chi connectivity index (χ2n) is 6.22. The highest BCUT2D eigenvalue weighted by Gasteiger charge is 2.34. The Morgan fingerprint density at radius 2 is 2.36 bits per heavy atom. The molecular weight excluding hydrogens is 318 g/mol. The smallest absolute Gasteiger partial charge is 0.226 e. The molecule has 0 aliphatic carbocycles. The van der Waals surface area contributed by atoms with Crippen molar-refractivity contribution in [3.63, 3.8) is 0 Å². The molecule has 1 saturated heterocycles. The van der Waals surface area contributed by atoms with Crippen LogP contribution in [0.5, 0.6) is 5.75 Å². The summed E-state index contributed by atoms with van der Waals surface area (Å²) >= 11 is 0. The first-order valence-corrected chi connectivity index (χ1v) is 8.62. The minimum Gasteiger partial charge on any atom is -0.497 e. The van der Waals surface area contributed by atoms with Crippen LogP contribution in [0.25, 0.3) is 0 Å². The van der Waals surface area contributed by atoms with E-state index in [1.807, 2.05) is 35.1 Å². The first kappa shape index (κ1) is 17.4. The Balaban J connectivity index is 1.62. The number of aromatic nitrogens is 2. The van der Waals surface area contributed by atoms with Crippen LogP contribution >= 0.6 is 0 Å². The normalized spacial score (nSPS) is 19.8. The van der Waals surface area contributed by atoms with Crippen molar-refractivity contribution in [1.82, 2.24) is 25.9 Å². The van der Waals surface area contributed by atoms with E-state index in [0.29, 0.717) is 13.1 Å². The summed E-state index contributed by atoms with van der Waals surface area (Å²) in [5.41, 5.74) is 8.32. The van der Waals surface area contributed by atoms with Crippen LogP contribution < -0.4 is 20.9 Å². The maximum Gasteiger partial charge on any atom is 0.226 e. The van der Waals surface area contributed by atoms with E-state index < -0.39 is 0 Å². The molecule has 1 aromatic carbocycles. The zero-order valence-corrected chi connectivity index (χ0v) is 14.7. The Morgan fingerprint density at radius 3 is 3.16 bits per heavy atom. The van der Waals surface area contributed by atoms with Crippen molar-refractivity contribution in [3.8, 4) is 5.75 Å². The molecule has 2 heterocycles. The quantitative estimate of drug-likeness (QED) is 0.708. The van der Waals surface area contributed by atoms with Gasteiger partial charge in [0.1, 0.15) is 5.75 Å². The molecule has 1 aliphatic heterocycles. The number of ether oxygens (including phenoxy) is 1. The topological polar surface area (TPSA) is 80.2 Å². The highest BCUT2D eigenvalue weighted by molar-refractivity contribution is 5.80. The molecule has 0 radical (unpaired) electrons. The molecule has 1 fully saturated rings. The first-order chi connectivity index (χ1) is 12.2. The van der Waals surface area contributed by atoms with Crippen LogP contribution in [0.4, 0.5) is 0 Å². The number of aryl methyl sites for hydroxylation is 1. The highest BCUT2D eigenvalue weighted by Crippen LogP contribution is 2.27. The summed E-state index contributed by atoms with van der Waals surface area (Å²) in [6.07, 6.45) is 4.82. The number of amides is 1. The summed E-state index contributed by atoms with van der Waals surface area (Å²) in [4.78, 5) is 12.6. The Labute approximate surface area is 147 Å². The molecule has 0 saturated carbocycles. The second kappa shape index (κ2) is 8.13. The van der Waals surface area contributed by atoms with E-state index in [4.69, 9.17) is 4.74 Å². The maximum atomic E-state index is 12.6. The van der Waals surface area contributed by atoms with Crippen molar-refractivity contribution in [2.45, 2.75) is 32.5 Å². The van der Waals surface area contributed by atoms with Gasteiger partial charge in [0.05, 0.1) is 25.3 Å². The van der Waals surface area contributed by atoms with Crippen molar-refractivity contribution in [2.24, 2.45) is 5.92 Å². The number of nitrogens with zero attached hydrogens (tertiary/aromatic N) is 2. The fourth-order valence-corrected chi connectivity index (χ4v) is 3.06. The van der Waals surface area contributed by atoms with Crippen molar-refractivity contribution in [1.29, 1.82) is 0 Å². The molecule has 2 aromatic rings. The molecular formula is C18H25N5O2. The lowest BCUT2D eigenvalue weighted by Gasteiger charge is -2.18. The minimum absolute atomic E-state index is 0.0218. The van der Waals surface area contributed by atoms with Crippen molar-refractivity contribution >= 4 is 5.91 Å². The third kappa shape index (κ3) is 4.18. The molecule has 0 spiro atoms. The largest absolute Gasteiger partial charge is 0.497 e. The summed E-state index contributed by atoms with van der Waals surface area (Å²) < 4.78 is 7.18. The van der Waals surface area contributed by atoms with Gasteiger partial charge in [0.15, 0.2) is 0 Å². The number of hydrogen-bond donors (Lipinski definition) is 3. The van der Waals surface area contributed by atoms with Crippen LogP contribution in [-0.4, -0.2) is 29.3 Å². The van der Waals surface area contributed by atoms with Gasteiger partial charge in [-0.15, -0.1) is 0 Å². The van der Waals surface area contributed by atoms with E-state index in [0.717, 1.165) is 29.8 Å². The summed E-state index contributed by atoms with van der Waals surface area (Å²) in [7, 11) is 1.64. The lowest BCUT2D eigenvalue weighted by atomic mass is 9.94. The molecule has 2 atom stereocenters. The number of hydrazine groups is 1. The third-order valence-corrected chi connectivity index (χ3v) is 4.38. The summed E-state index contributed by atoms with van der Waals surface area (Å²) in [5, 5.41) is 7.31. The number of hydrogen-bond acceptors (Lipinski definition) is 5. The zero-order valence-electron chi connectivity index (χ0n) is 14.7. The third-order valence-electron chi connectivity index (χ3n) is 4.38. The molecule has 7 nitrogen and oxygen atoms in total. The number of benzene rings is 1. The molecule has 1 aliphatic rings. The fraction of sp³-hybridized carbons (Fsp3) is 0.444. The van der Waals surface area contributed by atoms with Gasteiger partial charge in [0.25, 0.3) is 0 Å². The van der Waals surface area contributed by atoms with E-state index in [1.54, 1.807) is 13.3 Å². The predicted octanol–water partition coefficient (Wildman–Crippen LogP) is 1.38. The number of rotatable bonds is 7. The lowest BCUT2D eigenvalue weighted by molar-refractivity contribution is -0.125. The maximum absolute atomic E-state index is 12.6. The summed E-state index contributed by atoms with van der Waals surface area (Å²) in [6.45, 7) is 4.08. The second-order valence-corrected chi connectivity index (χ2v) is 6.22. The molecule has 3 rings (SSSR count). The molecule has 7 heteroatoms. The van der Waals surface area contributed by atoms with E-state index >= 15 is 0 Å². The van der Waals surface area contributed by atoms with Gasteiger partial charge in [-0.2, -0.15) is 5.10 Å². The van der Waals surface area contributed by atoms with Gasteiger partial charge in [-0.3, -0.25) is 14.9 Å². The van der Waals surface area contributed by atoms with Gasteiger partial charge < -0.3 is 10.1 Å². The molecule has 1 amide bonds. The summed E-state index contributed by atoms with van der Waals surface area (Å²) in [5.74, 6) is 0.625. The van der Waals surface area contributed by atoms with Crippen LogP contribution in [0.2, 0.25) is 0 Å². The highest BCUT2D eigenvalue weighted by atomic mass is 16.5. The van der Waals surface area contributed by atoms with Crippen molar-refractivity contribution in [3.05, 3.63) is 47.8 Å². The van der Waals surface area contributed by atoms with Crippen LogP contribution in [0, 0.1) is 5.92 Å². The predicted molar refractivity (Wildman–Crippen MR) is 94.7 cm³/mol. The SMILES string of the molecule is CCCn1cc(CNC(=O)C2CNNC2c2cccc(OC)c2)cn1. The van der Waals surface area contributed by atoms with Crippen LogP contribution in [0.3, 0.4) is 0 Å². The Morgan fingerprint density at radius 1 is 1.48 bits per heavy atom. The molecule has 2 unspecified atom stereocenters. The van der Waals surface area contributed by atoms with Crippen LogP contribution in [0.1, 0.15) is 30.5 Å². The lowest BCUT2D eigenvalue weighted by Crippen LogP contribution is -2.34. The van der Waals surface area contributed by atoms with E-state index in [1.165, 1.54) is 0 Å².